The van der Waals surface area contributed by atoms with Crippen molar-refractivity contribution in [1.29, 1.82) is 5.26 Å². The predicted molar refractivity (Wildman–Crippen MR) is 124 cm³/mol. The van der Waals surface area contributed by atoms with Gasteiger partial charge < -0.3 is 4.74 Å². The molecule has 0 aromatic carbocycles. The summed E-state index contributed by atoms with van der Waals surface area (Å²) in [5.41, 5.74) is -0.0398. The van der Waals surface area contributed by atoms with Gasteiger partial charge in [0.25, 0.3) is 0 Å². The normalized spacial score (nSPS) is 30.2. The quantitative estimate of drug-likeness (QED) is 0.272. The molecule has 2 aliphatic rings. The second-order valence-electron chi connectivity index (χ2n) is 10.3. The zero-order chi connectivity index (χ0) is 20.8. The van der Waals surface area contributed by atoms with Gasteiger partial charge in [-0.1, -0.05) is 90.9 Å². The van der Waals surface area contributed by atoms with Gasteiger partial charge in [-0.2, -0.15) is 5.26 Å². The molecular weight excluding hydrogens is 354 g/mol. The fourth-order valence-corrected chi connectivity index (χ4v) is 5.61. The molecule has 2 heteroatoms. The van der Waals surface area contributed by atoms with Crippen molar-refractivity contribution >= 4 is 0 Å². The van der Waals surface area contributed by atoms with E-state index in [9.17, 15) is 5.26 Å². The van der Waals surface area contributed by atoms with E-state index in [-0.39, 0.29) is 5.41 Å². The molecule has 0 spiro atoms. The lowest BCUT2D eigenvalue weighted by Gasteiger charge is -2.36. The maximum Gasteiger partial charge on any atom is 0.0689 e. The summed E-state index contributed by atoms with van der Waals surface area (Å²) in [6, 6.07) is 2.71. The zero-order valence-corrected chi connectivity index (χ0v) is 19.7. The average Bonchev–Trinajstić information content (AvgIpc) is 2.77. The van der Waals surface area contributed by atoms with Crippen LogP contribution in [0.5, 0.6) is 0 Å². The van der Waals surface area contributed by atoms with E-state index in [0.29, 0.717) is 6.10 Å². The van der Waals surface area contributed by atoms with Crippen LogP contribution in [-0.4, -0.2) is 12.7 Å². The molecular formula is C27H49NO. The lowest BCUT2D eigenvalue weighted by atomic mass is 9.71. The van der Waals surface area contributed by atoms with Gasteiger partial charge >= 0.3 is 0 Å². The fourth-order valence-electron chi connectivity index (χ4n) is 5.61. The van der Waals surface area contributed by atoms with Gasteiger partial charge in [-0.3, -0.25) is 0 Å². The molecule has 0 aromatic rings. The molecule has 0 N–H and O–H groups in total. The van der Waals surface area contributed by atoms with Crippen molar-refractivity contribution in [3.05, 3.63) is 0 Å². The maximum absolute atomic E-state index is 9.79. The van der Waals surface area contributed by atoms with Crippen molar-refractivity contribution in [2.45, 2.75) is 142 Å². The van der Waals surface area contributed by atoms with E-state index in [4.69, 9.17) is 4.74 Å². The molecule has 2 fully saturated rings. The van der Waals surface area contributed by atoms with Crippen LogP contribution >= 0.6 is 0 Å². The van der Waals surface area contributed by atoms with Gasteiger partial charge in [0.2, 0.25) is 0 Å². The standard InChI is InChI=1S/C27H49NO/c1-3-5-7-9-11-19-27(23-28)20-17-26(18-21-27)29-22-25-15-13-24(14-16-25)12-10-8-6-4-2/h24-26H,3-22H2,1-2H3/t24-,25-,26-,27-. The number of nitrogens with zero attached hydrogens (tertiary/aromatic N) is 1. The van der Waals surface area contributed by atoms with Crippen molar-refractivity contribution < 1.29 is 4.74 Å². The van der Waals surface area contributed by atoms with Crippen LogP contribution in [0.1, 0.15) is 136 Å². The van der Waals surface area contributed by atoms with Gasteiger partial charge in [0.1, 0.15) is 0 Å². The summed E-state index contributed by atoms with van der Waals surface area (Å²) in [7, 11) is 0. The number of rotatable bonds is 14. The molecule has 0 amide bonds. The van der Waals surface area contributed by atoms with Crippen LogP contribution in [0.2, 0.25) is 0 Å². The summed E-state index contributed by atoms with van der Waals surface area (Å²) in [6.07, 6.45) is 25.1. The lowest BCUT2D eigenvalue weighted by Crippen LogP contribution is -2.31. The molecule has 0 aromatic heterocycles. The first-order valence-corrected chi connectivity index (χ1v) is 13.2. The first-order valence-electron chi connectivity index (χ1n) is 13.2. The fraction of sp³-hybridized carbons (Fsp3) is 0.963. The van der Waals surface area contributed by atoms with E-state index in [1.807, 2.05) is 0 Å². The van der Waals surface area contributed by atoms with Crippen LogP contribution in [0.15, 0.2) is 0 Å². The largest absolute Gasteiger partial charge is 0.378 e. The molecule has 29 heavy (non-hydrogen) atoms. The van der Waals surface area contributed by atoms with Gasteiger partial charge in [-0.15, -0.1) is 0 Å². The Morgan fingerprint density at radius 3 is 1.97 bits per heavy atom. The highest BCUT2D eigenvalue weighted by Gasteiger charge is 2.35. The molecule has 0 saturated heterocycles. The SMILES string of the molecule is CCCCCCC[C@]1(C#N)CC[C@H](OC[C@H]2CC[C@H](CCCCCC)CC2)CC1. The summed E-state index contributed by atoms with van der Waals surface area (Å²) in [6.45, 7) is 5.54. The maximum atomic E-state index is 9.79. The van der Waals surface area contributed by atoms with Crippen LogP contribution < -0.4 is 0 Å². The van der Waals surface area contributed by atoms with Crippen LogP contribution in [0.25, 0.3) is 0 Å². The van der Waals surface area contributed by atoms with E-state index in [1.165, 1.54) is 89.9 Å². The summed E-state index contributed by atoms with van der Waals surface area (Å²) >= 11 is 0. The highest BCUT2D eigenvalue weighted by Crippen LogP contribution is 2.41. The number of nitriles is 1. The predicted octanol–water partition coefficient (Wildman–Crippen LogP) is 8.59. The van der Waals surface area contributed by atoms with Crippen molar-refractivity contribution in [2.75, 3.05) is 6.61 Å². The molecule has 0 aliphatic heterocycles. The monoisotopic (exact) mass is 403 g/mol. The molecule has 2 rings (SSSR count). The second-order valence-corrected chi connectivity index (χ2v) is 10.3. The van der Waals surface area contributed by atoms with Crippen molar-refractivity contribution in [1.82, 2.24) is 0 Å². The van der Waals surface area contributed by atoms with Gasteiger partial charge in [-0.25, -0.2) is 0 Å². The Morgan fingerprint density at radius 2 is 1.34 bits per heavy atom. The summed E-state index contributed by atoms with van der Waals surface area (Å²) in [5, 5.41) is 9.79. The Balaban J connectivity index is 1.56. The van der Waals surface area contributed by atoms with E-state index in [1.54, 1.807) is 0 Å². The highest BCUT2D eigenvalue weighted by molar-refractivity contribution is 5.01. The molecule has 0 radical (unpaired) electrons. The first kappa shape index (κ1) is 24.7. The van der Waals surface area contributed by atoms with Crippen molar-refractivity contribution in [3.8, 4) is 6.07 Å². The summed E-state index contributed by atoms with van der Waals surface area (Å²) in [5.74, 6) is 1.79. The van der Waals surface area contributed by atoms with E-state index in [2.05, 4.69) is 19.9 Å². The topological polar surface area (TPSA) is 33.0 Å². The molecule has 0 bridgehead atoms. The molecule has 2 saturated carbocycles. The van der Waals surface area contributed by atoms with Gasteiger partial charge in [-0.05, 0) is 56.8 Å². The molecule has 2 nitrogen and oxygen atoms in total. The van der Waals surface area contributed by atoms with Crippen LogP contribution in [0.3, 0.4) is 0 Å². The Labute approximate surface area is 182 Å². The lowest BCUT2D eigenvalue weighted by molar-refractivity contribution is -0.0185. The number of hydrogen-bond donors (Lipinski definition) is 0. The van der Waals surface area contributed by atoms with Crippen molar-refractivity contribution in [3.63, 3.8) is 0 Å². The van der Waals surface area contributed by atoms with Crippen molar-refractivity contribution in [2.24, 2.45) is 17.3 Å². The van der Waals surface area contributed by atoms with E-state index >= 15 is 0 Å². The smallest absolute Gasteiger partial charge is 0.0689 e. The van der Waals surface area contributed by atoms with Gasteiger partial charge in [0.05, 0.1) is 17.6 Å². The number of ether oxygens (including phenoxy) is 1. The molecule has 0 atom stereocenters. The third kappa shape index (κ3) is 9.42. The Kier molecular flexibility index (Phi) is 12.3. The summed E-state index contributed by atoms with van der Waals surface area (Å²) < 4.78 is 6.36. The Hall–Kier alpha value is -0.550. The average molecular weight is 404 g/mol. The van der Waals surface area contributed by atoms with Crippen LogP contribution in [0, 0.1) is 28.6 Å². The van der Waals surface area contributed by atoms with Gasteiger partial charge in [0, 0.05) is 6.61 Å². The first-order chi connectivity index (χ1) is 14.2. The minimum Gasteiger partial charge on any atom is -0.378 e. The minimum absolute atomic E-state index is 0.0398. The Morgan fingerprint density at radius 1 is 0.759 bits per heavy atom. The minimum atomic E-state index is -0.0398. The number of hydrogen-bond acceptors (Lipinski definition) is 2. The third-order valence-corrected chi connectivity index (χ3v) is 7.89. The zero-order valence-electron chi connectivity index (χ0n) is 19.7. The third-order valence-electron chi connectivity index (χ3n) is 7.89. The van der Waals surface area contributed by atoms with Gasteiger partial charge in [0.15, 0.2) is 0 Å². The molecule has 0 unspecified atom stereocenters. The molecule has 168 valence electrons. The second kappa shape index (κ2) is 14.5. The molecule has 0 heterocycles. The van der Waals surface area contributed by atoms with Crippen LogP contribution in [0.4, 0.5) is 0 Å². The number of unbranched alkanes of at least 4 members (excludes halogenated alkanes) is 7. The van der Waals surface area contributed by atoms with Crippen LogP contribution in [-0.2, 0) is 4.74 Å². The molecule has 2 aliphatic carbocycles. The van der Waals surface area contributed by atoms with E-state index in [0.717, 1.165) is 50.5 Å². The Bertz CT molecular complexity index is 438. The van der Waals surface area contributed by atoms with E-state index < -0.39 is 0 Å². The highest BCUT2D eigenvalue weighted by atomic mass is 16.5. The summed E-state index contributed by atoms with van der Waals surface area (Å²) in [4.78, 5) is 0.